The Morgan fingerprint density at radius 1 is 1.46 bits per heavy atom. The van der Waals surface area contributed by atoms with Gasteiger partial charge in [-0.05, 0) is 0 Å². The fraction of sp³-hybridized carbons (Fsp3) is 0.571. The second kappa shape index (κ2) is 3.80. The van der Waals surface area contributed by atoms with Gasteiger partial charge in [0.25, 0.3) is 0 Å². The molecular weight excluding hydrogens is 190 g/mol. The molecule has 0 aliphatic carbocycles. The smallest absolute Gasteiger partial charge is 0.173 e. The van der Waals surface area contributed by atoms with E-state index in [2.05, 4.69) is 14.5 Å². The molecule has 13 heavy (non-hydrogen) atoms. The van der Waals surface area contributed by atoms with Crippen molar-refractivity contribution in [2.75, 3.05) is 31.2 Å². The van der Waals surface area contributed by atoms with Crippen LogP contribution in [-0.4, -0.2) is 42.2 Å². The maximum absolute atomic E-state index is 10.6. The van der Waals surface area contributed by atoms with Crippen LogP contribution in [0.4, 0.5) is 5.00 Å². The highest BCUT2D eigenvalue weighted by atomic mass is 32.1. The van der Waals surface area contributed by atoms with Gasteiger partial charge >= 0.3 is 0 Å². The lowest BCUT2D eigenvalue weighted by molar-refractivity contribution is 0.111. The lowest BCUT2D eigenvalue weighted by Crippen LogP contribution is -2.36. The highest BCUT2D eigenvalue weighted by Crippen LogP contribution is 2.22. The summed E-state index contributed by atoms with van der Waals surface area (Å²) in [4.78, 5) is 12.7. The van der Waals surface area contributed by atoms with Gasteiger partial charge in [-0.1, -0.05) is 4.49 Å². The normalized spacial score (nSPS) is 17.4. The predicted molar refractivity (Wildman–Crippen MR) is 48.3 cm³/mol. The van der Waals surface area contributed by atoms with Crippen molar-refractivity contribution in [3.63, 3.8) is 0 Å². The van der Waals surface area contributed by atoms with Gasteiger partial charge in [0.1, 0.15) is 5.00 Å². The molecule has 0 unspecified atom stereocenters. The third kappa shape index (κ3) is 1.68. The van der Waals surface area contributed by atoms with Crippen molar-refractivity contribution >= 4 is 22.8 Å². The zero-order valence-corrected chi connectivity index (χ0v) is 7.79. The predicted octanol–water partition coefficient (Wildman–Crippen LogP) is 0.187. The Morgan fingerprint density at radius 2 is 2.23 bits per heavy atom. The maximum Gasteiger partial charge on any atom is 0.173 e. The summed E-state index contributed by atoms with van der Waals surface area (Å²) >= 11 is 1.26. The minimum atomic E-state index is 0.437. The SMILES string of the molecule is O=Cc1nnsc1N1CCOCC1. The van der Waals surface area contributed by atoms with E-state index in [4.69, 9.17) is 4.74 Å². The molecule has 0 bridgehead atoms. The third-order valence-electron chi connectivity index (χ3n) is 1.90. The van der Waals surface area contributed by atoms with Gasteiger partial charge < -0.3 is 9.64 Å². The number of aldehydes is 1. The second-order valence-electron chi connectivity index (χ2n) is 2.68. The first-order valence-electron chi connectivity index (χ1n) is 4.02. The summed E-state index contributed by atoms with van der Waals surface area (Å²) in [7, 11) is 0. The molecule has 1 aromatic heterocycles. The van der Waals surface area contributed by atoms with Gasteiger partial charge in [0.15, 0.2) is 12.0 Å². The average Bonchev–Trinajstić information content (AvgIpc) is 2.67. The molecule has 2 rings (SSSR count). The molecule has 1 aliphatic heterocycles. The van der Waals surface area contributed by atoms with E-state index in [-0.39, 0.29) is 0 Å². The number of hydrogen-bond acceptors (Lipinski definition) is 6. The minimum Gasteiger partial charge on any atom is -0.378 e. The van der Waals surface area contributed by atoms with Crippen molar-refractivity contribution in [2.45, 2.75) is 0 Å². The van der Waals surface area contributed by atoms with Crippen molar-refractivity contribution in [1.82, 2.24) is 9.59 Å². The van der Waals surface area contributed by atoms with Crippen LogP contribution in [0.5, 0.6) is 0 Å². The van der Waals surface area contributed by atoms with Gasteiger partial charge in [0.2, 0.25) is 0 Å². The molecule has 2 heterocycles. The fourth-order valence-electron chi connectivity index (χ4n) is 1.25. The van der Waals surface area contributed by atoms with E-state index in [0.717, 1.165) is 24.4 Å². The molecule has 0 amide bonds. The summed E-state index contributed by atoms with van der Waals surface area (Å²) in [5.74, 6) is 0. The fourth-order valence-corrected chi connectivity index (χ4v) is 1.94. The Balaban J connectivity index is 2.17. The van der Waals surface area contributed by atoms with Crippen LogP contribution in [0.15, 0.2) is 0 Å². The molecular formula is C7H9N3O2S. The summed E-state index contributed by atoms with van der Waals surface area (Å²) in [6.07, 6.45) is 0.744. The lowest BCUT2D eigenvalue weighted by atomic mass is 10.4. The molecule has 1 saturated heterocycles. The molecule has 1 aromatic rings. The van der Waals surface area contributed by atoms with Crippen molar-refractivity contribution in [2.24, 2.45) is 0 Å². The van der Waals surface area contributed by atoms with Gasteiger partial charge in [-0.25, -0.2) is 0 Å². The first kappa shape index (κ1) is 8.58. The standard InChI is InChI=1S/C7H9N3O2S/c11-5-6-7(13-9-8-6)10-1-3-12-4-2-10/h5H,1-4H2. The van der Waals surface area contributed by atoms with E-state index >= 15 is 0 Å². The first-order valence-corrected chi connectivity index (χ1v) is 4.79. The molecule has 0 spiro atoms. The monoisotopic (exact) mass is 199 g/mol. The number of carbonyl (C=O) groups excluding carboxylic acids is 1. The molecule has 1 fully saturated rings. The molecule has 1 aliphatic rings. The molecule has 0 aromatic carbocycles. The third-order valence-corrected chi connectivity index (χ3v) is 2.71. The molecule has 5 nitrogen and oxygen atoms in total. The van der Waals surface area contributed by atoms with E-state index in [0.29, 0.717) is 18.9 Å². The summed E-state index contributed by atoms with van der Waals surface area (Å²) in [6, 6.07) is 0. The van der Waals surface area contributed by atoms with Crippen LogP contribution >= 0.6 is 11.5 Å². The van der Waals surface area contributed by atoms with E-state index < -0.39 is 0 Å². The Morgan fingerprint density at radius 3 is 2.92 bits per heavy atom. The molecule has 0 N–H and O–H groups in total. The van der Waals surface area contributed by atoms with E-state index in [1.54, 1.807) is 0 Å². The van der Waals surface area contributed by atoms with Crippen LogP contribution in [0, 0.1) is 0 Å². The Bertz CT molecular complexity index is 296. The van der Waals surface area contributed by atoms with Gasteiger partial charge in [-0.2, -0.15) is 0 Å². The Labute approximate surface area is 79.5 Å². The van der Waals surface area contributed by atoms with Crippen LogP contribution in [-0.2, 0) is 4.74 Å². The maximum atomic E-state index is 10.6. The highest BCUT2D eigenvalue weighted by molar-refractivity contribution is 7.10. The molecule has 6 heteroatoms. The molecule has 0 radical (unpaired) electrons. The molecule has 0 saturated carbocycles. The zero-order chi connectivity index (χ0) is 9.10. The van der Waals surface area contributed by atoms with Gasteiger partial charge in [-0.15, -0.1) is 5.10 Å². The van der Waals surface area contributed by atoms with Crippen molar-refractivity contribution in [3.8, 4) is 0 Å². The van der Waals surface area contributed by atoms with E-state index in [1.165, 1.54) is 11.5 Å². The summed E-state index contributed by atoms with van der Waals surface area (Å²) in [6.45, 7) is 3.03. The zero-order valence-electron chi connectivity index (χ0n) is 6.97. The number of morpholine rings is 1. The number of ether oxygens (including phenoxy) is 1. The molecule has 0 atom stereocenters. The van der Waals surface area contributed by atoms with Gasteiger partial charge in [0, 0.05) is 24.6 Å². The number of rotatable bonds is 2. The van der Waals surface area contributed by atoms with Crippen LogP contribution < -0.4 is 4.90 Å². The Hall–Kier alpha value is -1.01. The summed E-state index contributed by atoms with van der Waals surface area (Å²) < 4.78 is 8.95. The van der Waals surface area contributed by atoms with Crippen molar-refractivity contribution in [3.05, 3.63) is 5.69 Å². The van der Waals surface area contributed by atoms with Gasteiger partial charge in [0.05, 0.1) is 13.2 Å². The minimum absolute atomic E-state index is 0.437. The topological polar surface area (TPSA) is 55.3 Å². The van der Waals surface area contributed by atoms with E-state index in [9.17, 15) is 4.79 Å². The average molecular weight is 199 g/mol. The van der Waals surface area contributed by atoms with Crippen LogP contribution in [0.2, 0.25) is 0 Å². The number of anilines is 1. The summed E-state index contributed by atoms with van der Waals surface area (Å²) in [5, 5.41) is 4.59. The quantitative estimate of drug-likeness (QED) is 0.636. The highest BCUT2D eigenvalue weighted by Gasteiger charge is 2.17. The van der Waals surface area contributed by atoms with Crippen LogP contribution in [0.3, 0.4) is 0 Å². The van der Waals surface area contributed by atoms with Gasteiger partial charge in [-0.3, -0.25) is 4.79 Å². The summed E-state index contributed by atoms with van der Waals surface area (Å²) in [5.41, 5.74) is 0.437. The molecule has 70 valence electrons. The van der Waals surface area contributed by atoms with Crippen LogP contribution in [0.25, 0.3) is 0 Å². The van der Waals surface area contributed by atoms with Crippen molar-refractivity contribution < 1.29 is 9.53 Å². The lowest BCUT2D eigenvalue weighted by Gasteiger charge is -2.26. The van der Waals surface area contributed by atoms with E-state index in [1.807, 2.05) is 0 Å². The number of aromatic nitrogens is 2. The number of hydrogen-bond donors (Lipinski definition) is 0. The Kier molecular flexibility index (Phi) is 2.51. The van der Waals surface area contributed by atoms with Crippen LogP contribution in [0.1, 0.15) is 10.5 Å². The van der Waals surface area contributed by atoms with Crippen molar-refractivity contribution in [1.29, 1.82) is 0 Å². The number of nitrogens with zero attached hydrogens (tertiary/aromatic N) is 3. The largest absolute Gasteiger partial charge is 0.378 e. The second-order valence-corrected chi connectivity index (χ2v) is 3.41. The number of carbonyl (C=O) groups is 1. The first-order chi connectivity index (χ1) is 6.42.